The van der Waals surface area contributed by atoms with Crippen molar-refractivity contribution in [2.24, 2.45) is 35.3 Å². The van der Waals surface area contributed by atoms with Crippen molar-refractivity contribution in [2.45, 2.75) is 192 Å². The number of nitrogens with one attached hydrogen (secondary N) is 1. The van der Waals surface area contributed by atoms with Crippen molar-refractivity contribution in [1.82, 2.24) is 10.2 Å². The van der Waals surface area contributed by atoms with Crippen LogP contribution in [0.2, 0.25) is 0 Å². The first-order valence-electron chi connectivity index (χ1n) is 29.4. The van der Waals surface area contributed by atoms with E-state index >= 15 is 0 Å². The minimum Gasteiger partial charge on any atom is -0.465 e. The number of nitrogens with two attached hydrogens (primary N) is 1. The molecule has 464 valence electrons. The summed E-state index contributed by atoms with van der Waals surface area (Å²) < 4.78 is 57.7. The van der Waals surface area contributed by atoms with Crippen LogP contribution in [0.15, 0.2) is 47.6 Å². The Morgan fingerprint density at radius 3 is 2.16 bits per heavy atom. The molecule has 0 aromatic carbocycles. The van der Waals surface area contributed by atoms with Crippen LogP contribution in [0.5, 0.6) is 0 Å². The number of thiocarbonyl (C=S) groups is 1. The number of carbonyl (C=O) groups is 3. The number of piperidine rings is 1. The SMILES string of the molecule is COCCOCCOCCOCCNC(=S)O[C@@H]1CC[C@@H](C[C@@H](N)[C@@H]2C[C@@H](O)[C@H](C)/C=C(\C)[C@@H](O)[C@@H](OC)C(=O)[C@H](C)C[C@H](C)/C=C/C=C/C=C(\C)[C@@H](OC)C[C@@H]3CC[C@@H](C)[C@@](O)(O3)C(=O)C(O)N3CCCC[C@H]3C(=O)O2)C[C@H]1OC. The highest BCUT2D eigenvalue weighted by molar-refractivity contribution is 7.80. The number of methoxy groups -OCH3 is 4. The topological polar surface area (TPSA) is 266 Å². The van der Waals surface area contributed by atoms with Crippen molar-refractivity contribution in [3.8, 4) is 0 Å². The van der Waals surface area contributed by atoms with Crippen LogP contribution in [0.4, 0.5) is 0 Å². The monoisotopic (exact) mass is 1170 g/mol. The zero-order valence-electron chi connectivity index (χ0n) is 50.1. The van der Waals surface area contributed by atoms with E-state index in [1.165, 1.54) is 12.0 Å². The molecule has 7 N–H and O–H groups in total. The van der Waals surface area contributed by atoms with Gasteiger partial charge in [-0.05, 0) is 107 Å². The smallest absolute Gasteiger partial charge is 0.323 e. The Morgan fingerprint density at radius 1 is 0.802 bits per heavy atom. The molecule has 4 rings (SSSR count). The van der Waals surface area contributed by atoms with Crippen molar-refractivity contribution < 1.29 is 82.2 Å². The lowest BCUT2D eigenvalue weighted by Gasteiger charge is -2.45. The Bertz CT molecular complexity index is 2030. The van der Waals surface area contributed by atoms with E-state index in [9.17, 15) is 34.8 Å². The van der Waals surface area contributed by atoms with Crippen molar-refractivity contribution in [3.05, 3.63) is 47.6 Å². The van der Waals surface area contributed by atoms with Crippen LogP contribution >= 0.6 is 12.2 Å². The van der Waals surface area contributed by atoms with E-state index in [4.69, 9.17) is 65.3 Å². The maximum Gasteiger partial charge on any atom is 0.323 e. The Morgan fingerprint density at radius 2 is 1.49 bits per heavy atom. The van der Waals surface area contributed by atoms with Crippen LogP contribution in [0, 0.1) is 29.6 Å². The summed E-state index contributed by atoms with van der Waals surface area (Å²) in [6, 6.07) is -1.89. The van der Waals surface area contributed by atoms with Gasteiger partial charge in [0.2, 0.25) is 11.6 Å². The van der Waals surface area contributed by atoms with Gasteiger partial charge in [0.25, 0.3) is 5.17 Å². The molecule has 1 unspecified atom stereocenters. The van der Waals surface area contributed by atoms with E-state index in [1.54, 1.807) is 48.2 Å². The molecular weight excluding hydrogens is 1070 g/mol. The second kappa shape index (κ2) is 36.7. The third-order valence-electron chi connectivity index (χ3n) is 16.5. The van der Waals surface area contributed by atoms with E-state index < -0.39 is 90.2 Å². The molecule has 20 nitrogen and oxygen atoms in total. The number of Topliss-reactive ketones (excluding diaryl/α,β-unsaturated/α-hetero) is 2. The molecule has 1 saturated carbocycles. The lowest BCUT2D eigenvalue weighted by atomic mass is 9.80. The molecular formula is C60H101N3O17S. The van der Waals surface area contributed by atoms with E-state index in [-0.39, 0.29) is 54.4 Å². The highest BCUT2D eigenvalue weighted by Crippen LogP contribution is 2.38. The lowest BCUT2D eigenvalue weighted by Crippen LogP contribution is -2.62. The lowest BCUT2D eigenvalue weighted by molar-refractivity contribution is -0.275. The standard InChI is InChI=1S/C60H101N3O17S/c1-38-16-12-11-13-17-39(2)50(72-8)36-45-21-19-43(6)60(70,80-45)56(67)57(68)63-24-15-14-18-47(63)58(69)78-51(37-48(64)40(3)33-42(5)54(66)55(74-10)53(65)41(4)32-38)46(61)34-44-20-22-49(52(35-44)73-9)79-59(81)62-23-25-75-28-29-77-31-30-76-27-26-71-7/h11-13,16-17,33,38,40-41,43-52,54-55,57,64,66,68,70H,14-15,18-32,34-37,61H2,1-10H3,(H,62,81)/b13-11+,16-12+,39-17+,42-33+/t38-,40-,41-,43-,44+,45+,46-,47+,48-,49-,50+,51+,52-,54-,55+,57?,60-/m1/s1. The van der Waals surface area contributed by atoms with Crippen LogP contribution in [0.3, 0.4) is 0 Å². The average Bonchev–Trinajstić information content (AvgIpc) is 3.56. The second-order valence-corrected chi connectivity index (χ2v) is 23.1. The number of nitrogens with zero attached hydrogens (tertiary/aromatic N) is 1. The first kappa shape index (κ1) is 70.4. The Labute approximate surface area is 487 Å². The number of fused-ring (bicyclic) bond motifs is 3. The second-order valence-electron chi connectivity index (χ2n) is 22.8. The van der Waals surface area contributed by atoms with Gasteiger partial charge < -0.3 is 78.8 Å². The van der Waals surface area contributed by atoms with Crippen molar-refractivity contribution in [1.29, 1.82) is 0 Å². The normalized spacial score (nSPS) is 36.7. The fraction of sp³-hybridized carbons (Fsp3) is 0.800. The number of ether oxygens (including phenoxy) is 10. The molecule has 3 fully saturated rings. The van der Waals surface area contributed by atoms with Crippen LogP contribution in [0.1, 0.15) is 119 Å². The number of allylic oxidation sites excluding steroid dienone is 5. The van der Waals surface area contributed by atoms with Gasteiger partial charge >= 0.3 is 5.97 Å². The molecule has 81 heavy (non-hydrogen) atoms. The molecule has 2 bridgehead atoms. The molecule has 1 aliphatic carbocycles. The maximum absolute atomic E-state index is 14.7. The first-order chi connectivity index (χ1) is 38.7. The summed E-state index contributed by atoms with van der Waals surface area (Å²) in [6.45, 7) is 14.7. The summed E-state index contributed by atoms with van der Waals surface area (Å²) in [5, 5.41) is 50.9. The number of esters is 1. The van der Waals surface area contributed by atoms with Crippen LogP contribution in [-0.2, 0) is 61.8 Å². The number of carbonyl (C=O) groups excluding carboxylic acids is 3. The van der Waals surface area contributed by atoms with Gasteiger partial charge in [-0.15, -0.1) is 0 Å². The van der Waals surface area contributed by atoms with Gasteiger partial charge in [0.1, 0.15) is 30.5 Å². The zero-order valence-corrected chi connectivity index (χ0v) is 50.9. The molecule has 2 saturated heterocycles. The molecule has 0 aromatic heterocycles. The highest BCUT2D eigenvalue weighted by Gasteiger charge is 2.53. The Kier molecular flexibility index (Phi) is 31.9. The molecule has 17 atom stereocenters. The number of cyclic esters (lactones) is 1. The number of hydrogen-bond acceptors (Lipinski definition) is 20. The number of hydrogen-bond donors (Lipinski definition) is 6. The van der Waals surface area contributed by atoms with Crippen LogP contribution < -0.4 is 11.1 Å². The van der Waals surface area contributed by atoms with E-state index in [0.717, 1.165) is 5.57 Å². The molecule has 0 radical (unpaired) electrons. The van der Waals surface area contributed by atoms with Gasteiger partial charge in [-0.1, -0.05) is 70.6 Å². The number of aliphatic hydroxyl groups excluding tert-OH is 3. The predicted molar refractivity (Wildman–Crippen MR) is 310 cm³/mol. The first-order valence-corrected chi connectivity index (χ1v) is 29.8. The third kappa shape index (κ3) is 22.4. The molecule has 0 aromatic rings. The zero-order chi connectivity index (χ0) is 59.6. The minimum atomic E-state index is -2.36. The molecule has 0 amide bonds. The van der Waals surface area contributed by atoms with Crippen molar-refractivity contribution in [3.63, 3.8) is 0 Å². The number of aliphatic hydroxyl groups is 4. The molecule has 0 spiro atoms. The van der Waals surface area contributed by atoms with E-state index in [1.807, 2.05) is 51.2 Å². The fourth-order valence-corrected chi connectivity index (χ4v) is 11.6. The van der Waals surface area contributed by atoms with Gasteiger partial charge in [-0.25, -0.2) is 0 Å². The van der Waals surface area contributed by atoms with Gasteiger partial charge in [-0.2, -0.15) is 0 Å². The van der Waals surface area contributed by atoms with Gasteiger partial charge in [-0.3, -0.25) is 19.3 Å². The Balaban J connectivity index is 1.55. The summed E-state index contributed by atoms with van der Waals surface area (Å²) in [5.74, 6) is -6.05. The number of ketones is 2. The minimum absolute atomic E-state index is 0.00688. The maximum atomic E-state index is 14.7. The summed E-state index contributed by atoms with van der Waals surface area (Å²) >= 11 is 5.53. The molecule has 3 heterocycles. The Hall–Kier alpha value is -3.10. The summed E-state index contributed by atoms with van der Waals surface area (Å²) in [7, 11) is 6.21. The number of rotatable bonds is 19. The van der Waals surface area contributed by atoms with Gasteiger partial charge in [0, 0.05) is 78.2 Å². The average molecular weight is 1170 g/mol. The predicted octanol–water partition coefficient (Wildman–Crippen LogP) is 5.05. The quantitative estimate of drug-likeness (QED) is 0.0428. The van der Waals surface area contributed by atoms with Crippen molar-refractivity contribution >= 4 is 34.9 Å². The summed E-state index contributed by atoms with van der Waals surface area (Å²) in [5.41, 5.74) is 8.38. The van der Waals surface area contributed by atoms with Crippen LogP contribution in [0.25, 0.3) is 0 Å². The largest absolute Gasteiger partial charge is 0.465 e. The summed E-state index contributed by atoms with van der Waals surface area (Å²) in [4.78, 5) is 44.3. The molecule has 4 aliphatic rings. The van der Waals surface area contributed by atoms with E-state index in [0.29, 0.717) is 123 Å². The third-order valence-corrected chi connectivity index (χ3v) is 16.7. The van der Waals surface area contributed by atoms with Crippen LogP contribution in [-0.4, -0.2) is 209 Å². The molecule has 3 aliphatic heterocycles. The molecule has 21 heteroatoms. The van der Waals surface area contributed by atoms with Gasteiger partial charge in [0.15, 0.2) is 12.0 Å². The van der Waals surface area contributed by atoms with E-state index in [2.05, 4.69) is 5.32 Å². The van der Waals surface area contributed by atoms with Gasteiger partial charge in [0.05, 0.1) is 70.7 Å². The highest BCUT2D eigenvalue weighted by atomic mass is 32.1. The summed E-state index contributed by atoms with van der Waals surface area (Å²) in [6.07, 6.45) is 8.33. The fourth-order valence-electron chi connectivity index (χ4n) is 11.4. The van der Waals surface area contributed by atoms with Crippen molar-refractivity contribution in [2.75, 3.05) is 87.8 Å².